The molecule has 1 atom stereocenters. The molecule has 150 valence electrons. The number of halogens is 2. The van der Waals surface area contributed by atoms with Crippen LogP contribution in [0.4, 0.5) is 8.78 Å². The van der Waals surface area contributed by atoms with Gasteiger partial charge in [-0.2, -0.15) is 14.5 Å². The minimum atomic E-state index is -0.558. The first kappa shape index (κ1) is 19.0. The molecule has 0 unspecified atom stereocenters. The quantitative estimate of drug-likeness (QED) is 0.713. The number of ether oxygens (including phenoxy) is 1. The Balaban J connectivity index is 1.42. The molecule has 0 bridgehead atoms. The average molecular weight is 399 g/mol. The maximum atomic E-state index is 14.3. The largest absolute Gasteiger partial charge is 0.470 e. The van der Waals surface area contributed by atoms with Gasteiger partial charge in [0, 0.05) is 18.5 Å². The van der Waals surface area contributed by atoms with E-state index in [4.69, 9.17) is 4.74 Å². The fourth-order valence-electron chi connectivity index (χ4n) is 3.25. The molecule has 29 heavy (non-hydrogen) atoms. The highest BCUT2D eigenvalue weighted by atomic mass is 19.1. The van der Waals surface area contributed by atoms with E-state index >= 15 is 0 Å². The van der Waals surface area contributed by atoms with Gasteiger partial charge in [-0.15, -0.1) is 0 Å². The summed E-state index contributed by atoms with van der Waals surface area (Å²) in [4.78, 5) is 22.1. The third-order valence-corrected chi connectivity index (χ3v) is 4.82. The lowest BCUT2D eigenvalue weighted by Gasteiger charge is -2.16. The number of aryl methyl sites for hydroxylation is 1. The summed E-state index contributed by atoms with van der Waals surface area (Å²) in [6.07, 6.45) is 1.93. The zero-order chi connectivity index (χ0) is 20.4. The highest BCUT2D eigenvalue weighted by molar-refractivity contribution is 5.93. The second-order valence-corrected chi connectivity index (χ2v) is 6.75. The summed E-state index contributed by atoms with van der Waals surface area (Å²) in [6, 6.07) is 7.50. The SMILES string of the molecule is CCc1ncnc(O[C@@H]2CCN(C(=O)c3cc(-c4ccc(F)cc4)n[nH]3)C2)c1F. The van der Waals surface area contributed by atoms with Crippen molar-refractivity contribution < 1.29 is 18.3 Å². The number of benzene rings is 1. The van der Waals surface area contributed by atoms with Crippen molar-refractivity contribution in [2.24, 2.45) is 0 Å². The average Bonchev–Trinajstić information content (AvgIpc) is 3.40. The van der Waals surface area contributed by atoms with E-state index in [9.17, 15) is 13.6 Å². The molecule has 7 nitrogen and oxygen atoms in total. The molecule has 1 aromatic carbocycles. The number of hydrogen-bond acceptors (Lipinski definition) is 5. The number of aromatic amines is 1. The normalized spacial score (nSPS) is 16.2. The van der Waals surface area contributed by atoms with Gasteiger partial charge in [-0.1, -0.05) is 6.92 Å². The fraction of sp³-hybridized carbons (Fsp3) is 0.300. The Morgan fingerprint density at radius 3 is 2.83 bits per heavy atom. The number of carbonyl (C=O) groups excluding carboxylic acids is 1. The summed E-state index contributed by atoms with van der Waals surface area (Å²) in [6.45, 7) is 2.59. The Morgan fingerprint density at radius 1 is 1.28 bits per heavy atom. The predicted octanol–water partition coefficient (Wildman–Crippen LogP) is 3.00. The van der Waals surface area contributed by atoms with Gasteiger partial charge in [0.1, 0.15) is 23.9 Å². The van der Waals surface area contributed by atoms with Crippen LogP contribution < -0.4 is 4.74 Å². The van der Waals surface area contributed by atoms with Gasteiger partial charge in [0.05, 0.1) is 17.9 Å². The zero-order valence-corrected chi connectivity index (χ0v) is 15.7. The van der Waals surface area contributed by atoms with Crippen LogP contribution in [-0.2, 0) is 6.42 Å². The van der Waals surface area contributed by atoms with Crippen LogP contribution in [0.3, 0.4) is 0 Å². The molecule has 0 radical (unpaired) electrons. The second kappa shape index (κ2) is 7.94. The van der Waals surface area contributed by atoms with E-state index in [1.807, 2.05) is 0 Å². The summed E-state index contributed by atoms with van der Waals surface area (Å²) < 4.78 is 33.0. The van der Waals surface area contributed by atoms with Gasteiger partial charge in [-0.3, -0.25) is 9.89 Å². The minimum absolute atomic E-state index is 0.0868. The first-order valence-electron chi connectivity index (χ1n) is 9.31. The predicted molar refractivity (Wildman–Crippen MR) is 100 cm³/mol. The van der Waals surface area contributed by atoms with Crippen LogP contribution in [0.5, 0.6) is 5.88 Å². The molecule has 2 aromatic heterocycles. The molecule has 1 N–H and O–H groups in total. The van der Waals surface area contributed by atoms with Crippen molar-refractivity contribution in [1.29, 1.82) is 0 Å². The molecule has 0 aliphatic carbocycles. The molecule has 3 aromatic rings. The maximum Gasteiger partial charge on any atom is 0.272 e. The molecule has 1 fully saturated rings. The van der Waals surface area contributed by atoms with Crippen molar-refractivity contribution in [3.63, 3.8) is 0 Å². The number of nitrogens with zero attached hydrogens (tertiary/aromatic N) is 4. The van der Waals surface area contributed by atoms with Crippen LogP contribution in [0.1, 0.15) is 29.5 Å². The van der Waals surface area contributed by atoms with Crippen molar-refractivity contribution in [2.45, 2.75) is 25.9 Å². The number of hydrogen-bond donors (Lipinski definition) is 1. The summed E-state index contributed by atoms with van der Waals surface area (Å²) in [5, 5.41) is 6.86. The van der Waals surface area contributed by atoms with E-state index < -0.39 is 5.82 Å². The van der Waals surface area contributed by atoms with Crippen LogP contribution in [-0.4, -0.2) is 50.2 Å². The number of amides is 1. The smallest absolute Gasteiger partial charge is 0.272 e. The van der Waals surface area contributed by atoms with Gasteiger partial charge < -0.3 is 9.64 Å². The van der Waals surface area contributed by atoms with E-state index in [0.29, 0.717) is 48.6 Å². The van der Waals surface area contributed by atoms with E-state index in [2.05, 4.69) is 20.2 Å². The summed E-state index contributed by atoms with van der Waals surface area (Å²) in [5.74, 6) is -1.21. The van der Waals surface area contributed by atoms with Crippen LogP contribution in [0.2, 0.25) is 0 Å². The lowest BCUT2D eigenvalue weighted by Crippen LogP contribution is -2.31. The zero-order valence-electron chi connectivity index (χ0n) is 15.7. The highest BCUT2D eigenvalue weighted by Gasteiger charge is 2.30. The van der Waals surface area contributed by atoms with E-state index in [1.54, 1.807) is 30.0 Å². The molecule has 0 spiro atoms. The lowest BCUT2D eigenvalue weighted by molar-refractivity contribution is 0.0764. The maximum absolute atomic E-state index is 14.3. The lowest BCUT2D eigenvalue weighted by atomic mass is 10.1. The summed E-state index contributed by atoms with van der Waals surface area (Å²) in [7, 11) is 0. The summed E-state index contributed by atoms with van der Waals surface area (Å²) in [5.41, 5.74) is 1.88. The Bertz CT molecular complexity index is 1020. The Labute approximate surface area is 165 Å². The van der Waals surface area contributed by atoms with Gasteiger partial charge in [-0.05, 0) is 36.8 Å². The van der Waals surface area contributed by atoms with Crippen molar-refractivity contribution >= 4 is 5.91 Å². The first-order valence-corrected chi connectivity index (χ1v) is 9.31. The minimum Gasteiger partial charge on any atom is -0.470 e. The third kappa shape index (κ3) is 3.94. The molecule has 1 saturated heterocycles. The van der Waals surface area contributed by atoms with Crippen molar-refractivity contribution in [3.05, 3.63) is 59.7 Å². The molecule has 4 rings (SSSR count). The number of likely N-dealkylation sites (tertiary alicyclic amines) is 1. The van der Waals surface area contributed by atoms with Gasteiger partial charge in [-0.25, -0.2) is 9.37 Å². The Kier molecular flexibility index (Phi) is 5.20. The molecular formula is C20H19F2N5O2. The van der Waals surface area contributed by atoms with Crippen LogP contribution in [0, 0.1) is 11.6 Å². The Morgan fingerprint density at radius 2 is 2.07 bits per heavy atom. The third-order valence-electron chi connectivity index (χ3n) is 4.82. The van der Waals surface area contributed by atoms with E-state index in [1.165, 1.54) is 18.5 Å². The van der Waals surface area contributed by atoms with Crippen LogP contribution in [0.15, 0.2) is 36.7 Å². The number of aromatic nitrogens is 4. The van der Waals surface area contributed by atoms with E-state index in [0.717, 1.165) is 0 Å². The Hall–Kier alpha value is -3.36. The van der Waals surface area contributed by atoms with Gasteiger partial charge in [0.2, 0.25) is 5.82 Å². The topological polar surface area (TPSA) is 84.0 Å². The van der Waals surface area contributed by atoms with Gasteiger partial charge >= 0.3 is 0 Å². The van der Waals surface area contributed by atoms with Crippen molar-refractivity contribution in [1.82, 2.24) is 25.1 Å². The fourth-order valence-corrected chi connectivity index (χ4v) is 3.25. The molecule has 9 heteroatoms. The summed E-state index contributed by atoms with van der Waals surface area (Å²) >= 11 is 0. The molecule has 1 aliphatic rings. The first-order chi connectivity index (χ1) is 14.0. The highest BCUT2D eigenvalue weighted by Crippen LogP contribution is 2.23. The van der Waals surface area contributed by atoms with Crippen molar-refractivity contribution in [2.75, 3.05) is 13.1 Å². The number of carbonyl (C=O) groups is 1. The van der Waals surface area contributed by atoms with E-state index in [-0.39, 0.29) is 23.7 Å². The number of H-pyrrole nitrogens is 1. The molecule has 3 heterocycles. The second-order valence-electron chi connectivity index (χ2n) is 6.75. The van der Waals surface area contributed by atoms with Gasteiger partial charge in [0.15, 0.2) is 0 Å². The van der Waals surface area contributed by atoms with Gasteiger partial charge in [0.25, 0.3) is 11.8 Å². The van der Waals surface area contributed by atoms with Crippen molar-refractivity contribution in [3.8, 4) is 17.1 Å². The standard InChI is InChI=1S/C20H19F2N5O2/c1-2-15-18(22)19(24-11-23-15)29-14-7-8-27(10-14)20(28)17-9-16(25-26-17)12-3-5-13(21)6-4-12/h3-6,9,11,14H,2,7-8,10H2,1H3,(H,25,26)/t14-/m1/s1. The number of rotatable bonds is 5. The van der Waals surface area contributed by atoms with Crippen LogP contribution >= 0.6 is 0 Å². The van der Waals surface area contributed by atoms with Crippen LogP contribution in [0.25, 0.3) is 11.3 Å². The molecule has 0 saturated carbocycles. The number of nitrogens with one attached hydrogen (secondary N) is 1. The molecular weight excluding hydrogens is 380 g/mol. The molecule has 1 amide bonds. The monoisotopic (exact) mass is 399 g/mol. The molecule has 1 aliphatic heterocycles.